The van der Waals surface area contributed by atoms with Crippen molar-refractivity contribution in [2.24, 2.45) is 4.99 Å². The average molecular weight is 410 g/mol. The van der Waals surface area contributed by atoms with E-state index in [2.05, 4.69) is 39.1 Å². The lowest BCUT2D eigenvalue weighted by atomic mass is 10.1. The van der Waals surface area contributed by atoms with Gasteiger partial charge in [0.05, 0.1) is 19.1 Å². The van der Waals surface area contributed by atoms with Gasteiger partial charge in [0.15, 0.2) is 5.17 Å². The highest BCUT2D eigenvalue weighted by molar-refractivity contribution is 8.18. The number of para-hydroxylation sites is 1. The summed E-state index contributed by atoms with van der Waals surface area (Å²) in [6.45, 7) is 3.48. The Kier molecular flexibility index (Phi) is 5.76. The standard InChI is InChI=1S/C22H23N3O3S/c1-27-18-8-9-19(28-2)16(14-18)15-20-21(26)23-22(29-20)25-12-10-24(11-13-25)17-6-4-3-5-7-17/h3-9,14-15H,10-13H2,1-2H3. The molecule has 0 unspecified atom stereocenters. The van der Waals surface area contributed by atoms with Crippen molar-refractivity contribution in [3.8, 4) is 11.5 Å². The molecule has 0 bridgehead atoms. The quantitative estimate of drug-likeness (QED) is 0.721. The van der Waals surface area contributed by atoms with Crippen LogP contribution in [0, 0.1) is 0 Å². The van der Waals surface area contributed by atoms with E-state index >= 15 is 0 Å². The number of ether oxygens (including phenoxy) is 2. The lowest BCUT2D eigenvalue weighted by molar-refractivity contribution is -0.113. The Balaban J connectivity index is 1.45. The normalized spacial score (nSPS) is 18.2. The van der Waals surface area contributed by atoms with Crippen molar-refractivity contribution in [1.82, 2.24) is 4.90 Å². The van der Waals surface area contributed by atoms with Crippen LogP contribution in [0.5, 0.6) is 11.5 Å². The van der Waals surface area contributed by atoms with Crippen LogP contribution in [0.2, 0.25) is 0 Å². The SMILES string of the molecule is COc1ccc(OC)c(C=C2SC(N3CCN(c4ccccc4)CC3)=NC2=O)c1. The molecule has 0 spiro atoms. The van der Waals surface area contributed by atoms with E-state index in [0.29, 0.717) is 16.4 Å². The summed E-state index contributed by atoms with van der Waals surface area (Å²) in [6.07, 6.45) is 1.82. The molecule has 2 aliphatic heterocycles. The number of amidine groups is 1. The van der Waals surface area contributed by atoms with Crippen molar-refractivity contribution in [3.05, 3.63) is 59.0 Å². The number of hydrogen-bond acceptors (Lipinski definition) is 6. The van der Waals surface area contributed by atoms with Gasteiger partial charge in [0.1, 0.15) is 11.5 Å². The molecule has 2 aromatic rings. The van der Waals surface area contributed by atoms with Gasteiger partial charge in [0.25, 0.3) is 5.91 Å². The van der Waals surface area contributed by atoms with E-state index in [9.17, 15) is 4.79 Å². The van der Waals surface area contributed by atoms with Gasteiger partial charge in [0.2, 0.25) is 0 Å². The second kappa shape index (κ2) is 8.61. The number of aliphatic imine (C=N–C) groups is 1. The minimum Gasteiger partial charge on any atom is -0.497 e. The number of anilines is 1. The van der Waals surface area contributed by atoms with Gasteiger partial charge in [-0.25, -0.2) is 0 Å². The van der Waals surface area contributed by atoms with Crippen LogP contribution in [0.25, 0.3) is 6.08 Å². The zero-order valence-corrected chi connectivity index (χ0v) is 17.3. The first-order chi connectivity index (χ1) is 14.2. The maximum atomic E-state index is 12.5. The Morgan fingerprint density at radius 3 is 2.38 bits per heavy atom. The zero-order chi connectivity index (χ0) is 20.2. The Bertz CT molecular complexity index is 951. The molecular formula is C22H23N3O3S. The molecule has 0 radical (unpaired) electrons. The number of carbonyl (C=O) groups excluding carboxylic acids is 1. The number of rotatable bonds is 4. The van der Waals surface area contributed by atoms with E-state index in [1.165, 1.54) is 17.4 Å². The van der Waals surface area contributed by atoms with E-state index in [0.717, 1.165) is 36.9 Å². The van der Waals surface area contributed by atoms with Gasteiger partial charge in [-0.2, -0.15) is 4.99 Å². The predicted octanol–water partition coefficient (Wildman–Crippen LogP) is 3.50. The minimum absolute atomic E-state index is 0.208. The summed E-state index contributed by atoms with van der Waals surface area (Å²) in [4.78, 5) is 21.9. The van der Waals surface area contributed by atoms with E-state index < -0.39 is 0 Å². The molecule has 0 aromatic heterocycles. The molecule has 29 heavy (non-hydrogen) atoms. The van der Waals surface area contributed by atoms with Crippen molar-refractivity contribution in [1.29, 1.82) is 0 Å². The summed E-state index contributed by atoms with van der Waals surface area (Å²) in [5, 5.41) is 0.774. The number of amides is 1. The van der Waals surface area contributed by atoms with E-state index in [4.69, 9.17) is 9.47 Å². The molecule has 2 heterocycles. The van der Waals surface area contributed by atoms with Gasteiger partial charge in [-0.15, -0.1) is 0 Å². The fourth-order valence-electron chi connectivity index (χ4n) is 3.42. The predicted molar refractivity (Wildman–Crippen MR) is 118 cm³/mol. The Hall–Kier alpha value is -2.93. The fraction of sp³-hybridized carbons (Fsp3) is 0.273. The zero-order valence-electron chi connectivity index (χ0n) is 16.5. The van der Waals surface area contributed by atoms with Gasteiger partial charge in [-0.1, -0.05) is 18.2 Å². The van der Waals surface area contributed by atoms with Crippen LogP contribution in [-0.2, 0) is 4.79 Å². The largest absolute Gasteiger partial charge is 0.497 e. The van der Waals surface area contributed by atoms with Crippen LogP contribution in [0.15, 0.2) is 58.4 Å². The van der Waals surface area contributed by atoms with Crippen LogP contribution in [-0.4, -0.2) is 56.4 Å². The molecule has 2 aliphatic rings. The van der Waals surface area contributed by atoms with Crippen molar-refractivity contribution in [3.63, 3.8) is 0 Å². The van der Waals surface area contributed by atoms with Crippen LogP contribution < -0.4 is 14.4 Å². The molecule has 0 aliphatic carbocycles. The average Bonchev–Trinajstić information content (AvgIpc) is 3.14. The maximum absolute atomic E-state index is 12.5. The van der Waals surface area contributed by atoms with Gasteiger partial charge in [-0.05, 0) is 48.2 Å². The third-order valence-electron chi connectivity index (χ3n) is 5.00. The summed E-state index contributed by atoms with van der Waals surface area (Å²) in [7, 11) is 3.23. The van der Waals surface area contributed by atoms with Crippen LogP contribution >= 0.6 is 11.8 Å². The topological polar surface area (TPSA) is 54.4 Å². The van der Waals surface area contributed by atoms with Gasteiger partial charge >= 0.3 is 0 Å². The van der Waals surface area contributed by atoms with Crippen molar-refractivity contribution < 1.29 is 14.3 Å². The molecule has 1 saturated heterocycles. The van der Waals surface area contributed by atoms with E-state index in [1.54, 1.807) is 14.2 Å². The summed E-state index contributed by atoms with van der Waals surface area (Å²) < 4.78 is 10.7. The number of piperazine rings is 1. The molecule has 6 nitrogen and oxygen atoms in total. The number of methoxy groups -OCH3 is 2. The van der Waals surface area contributed by atoms with Gasteiger partial charge in [-0.3, -0.25) is 4.79 Å². The smallest absolute Gasteiger partial charge is 0.286 e. The molecule has 0 N–H and O–H groups in total. The van der Waals surface area contributed by atoms with E-state index in [1.807, 2.05) is 30.3 Å². The highest BCUT2D eigenvalue weighted by Crippen LogP contribution is 2.34. The molecule has 7 heteroatoms. The summed E-state index contributed by atoms with van der Waals surface area (Å²) in [5.41, 5.74) is 2.03. The number of carbonyl (C=O) groups is 1. The highest BCUT2D eigenvalue weighted by Gasteiger charge is 2.28. The monoisotopic (exact) mass is 409 g/mol. The first-order valence-electron chi connectivity index (χ1n) is 9.47. The fourth-order valence-corrected chi connectivity index (χ4v) is 4.38. The highest BCUT2D eigenvalue weighted by atomic mass is 32.2. The molecule has 4 rings (SSSR count). The molecular weight excluding hydrogens is 386 g/mol. The summed E-state index contributed by atoms with van der Waals surface area (Å²) >= 11 is 1.42. The lowest BCUT2D eigenvalue weighted by Gasteiger charge is -2.36. The van der Waals surface area contributed by atoms with Crippen molar-refractivity contribution in [2.45, 2.75) is 0 Å². The second-order valence-corrected chi connectivity index (χ2v) is 7.74. The minimum atomic E-state index is -0.208. The third kappa shape index (κ3) is 4.24. The molecule has 2 aromatic carbocycles. The van der Waals surface area contributed by atoms with Gasteiger partial charge in [0, 0.05) is 37.4 Å². The maximum Gasteiger partial charge on any atom is 0.286 e. The first-order valence-corrected chi connectivity index (χ1v) is 10.3. The number of thioether (sulfide) groups is 1. The molecule has 0 saturated carbocycles. The molecule has 1 amide bonds. The molecule has 1 fully saturated rings. The van der Waals surface area contributed by atoms with Crippen molar-refractivity contribution in [2.75, 3.05) is 45.3 Å². The molecule has 150 valence electrons. The lowest BCUT2D eigenvalue weighted by Crippen LogP contribution is -2.47. The number of nitrogens with zero attached hydrogens (tertiary/aromatic N) is 3. The Morgan fingerprint density at radius 2 is 1.69 bits per heavy atom. The third-order valence-corrected chi connectivity index (χ3v) is 6.05. The second-order valence-electron chi connectivity index (χ2n) is 6.73. The van der Waals surface area contributed by atoms with Crippen LogP contribution in [0.3, 0.4) is 0 Å². The summed E-state index contributed by atoms with van der Waals surface area (Å²) in [6, 6.07) is 15.9. The number of benzene rings is 2. The van der Waals surface area contributed by atoms with Crippen LogP contribution in [0.1, 0.15) is 5.56 Å². The Labute approximate surface area is 174 Å². The summed E-state index contributed by atoms with van der Waals surface area (Å²) in [5.74, 6) is 1.20. The molecule has 0 atom stereocenters. The van der Waals surface area contributed by atoms with Gasteiger partial charge < -0.3 is 19.3 Å². The first kappa shape index (κ1) is 19.4. The van der Waals surface area contributed by atoms with E-state index in [-0.39, 0.29) is 5.91 Å². The Morgan fingerprint density at radius 1 is 0.966 bits per heavy atom. The van der Waals surface area contributed by atoms with Crippen molar-refractivity contribution >= 4 is 34.6 Å². The number of hydrogen-bond donors (Lipinski definition) is 0. The van der Waals surface area contributed by atoms with Crippen LogP contribution in [0.4, 0.5) is 5.69 Å².